The average Bonchev–Trinajstić information content (AvgIpc) is 2.85. The van der Waals surface area contributed by atoms with Crippen LogP contribution in [0, 0.1) is 11.3 Å². The molecule has 13 heavy (non-hydrogen) atoms. The molecule has 1 heterocycles. The second kappa shape index (κ2) is 2.74. The van der Waals surface area contributed by atoms with Crippen LogP contribution < -0.4 is 5.32 Å². The van der Waals surface area contributed by atoms with Gasteiger partial charge in [0.25, 0.3) is 0 Å². The summed E-state index contributed by atoms with van der Waals surface area (Å²) in [6.45, 7) is 2.19. The lowest BCUT2D eigenvalue weighted by Gasteiger charge is -2.11. The van der Waals surface area contributed by atoms with Crippen LogP contribution in [0.3, 0.4) is 0 Å². The fourth-order valence-electron chi connectivity index (χ4n) is 1.19. The van der Waals surface area contributed by atoms with Crippen LogP contribution in [0.15, 0.2) is 18.3 Å². The van der Waals surface area contributed by atoms with E-state index in [2.05, 4.69) is 17.2 Å². The van der Waals surface area contributed by atoms with Crippen LogP contribution >= 0.6 is 0 Å². The monoisotopic (exact) mass is 173 g/mol. The highest BCUT2D eigenvalue weighted by molar-refractivity contribution is 5.46. The molecule has 0 saturated heterocycles. The summed E-state index contributed by atoms with van der Waals surface area (Å²) in [5.41, 5.74) is 1.74. The second-order valence-electron chi connectivity index (χ2n) is 3.73. The van der Waals surface area contributed by atoms with Crippen LogP contribution in [-0.4, -0.2) is 10.5 Å². The highest BCUT2D eigenvalue weighted by Crippen LogP contribution is 2.37. The minimum atomic E-state index is 0.274. The van der Waals surface area contributed by atoms with E-state index < -0.39 is 0 Å². The van der Waals surface area contributed by atoms with Gasteiger partial charge in [-0.25, -0.2) is 4.98 Å². The van der Waals surface area contributed by atoms with Crippen molar-refractivity contribution in [2.24, 2.45) is 0 Å². The number of nitrogens with zero attached hydrogens (tertiary/aromatic N) is 2. The van der Waals surface area contributed by atoms with Crippen molar-refractivity contribution in [3.8, 4) is 6.07 Å². The zero-order chi connectivity index (χ0) is 9.31. The summed E-state index contributed by atoms with van der Waals surface area (Å²) in [7, 11) is 0. The predicted octanol–water partition coefficient (Wildman–Crippen LogP) is 1.92. The SMILES string of the molecule is CC1(Nc2ccc(C#N)nc2)CC1. The molecule has 0 unspecified atom stereocenters. The third kappa shape index (κ3) is 1.78. The maximum Gasteiger partial charge on any atom is 0.140 e. The van der Waals surface area contributed by atoms with Crippen molar-refractivity contribution in [3.05, 3.63) is 24.0 Å². The molecule has 3 heteroatoms. The Hall–Kier alpha value is -1.56. The maximum atomic E-state index is 8.54. The first kappa shape index (κ1) is 8.06. The van der Waals surface area contributed by atoms with Crippen molar-refractivity contribution in [2.45, 2.75) is 25.3 Å². The Morgan fingerprint density at radius 2 is 2.31 bits per heavy atom. The first-order valence-electron chi connectivity index (χ1n) is 4.36. The third-order valence-electron chi connectivity index (χ3n) is 2.32. The largest absolute Gasteiger partial charge is 0.379 e. The molecule has 1 aromatic rings. The van der Waals surface area contributed by atoms with Crippen molar-refractivity contribution in [2.75, 3.05) is 5.32 Å². The van der Waals surface area contributed by atoms with E-state index in [0.717, 1.165) is 5.69 Å². The van der Waals surface area contributed by atoms with Crippen LogP contribution in [0.5, 0.6) is 0 Å². The van der Waals surface area contributed by atoms with Crippen molar-refractivity contribution in [1.29, 1.82) is 5.26 Å². The predicted molar refractivity (Wildman–Crippen MR) is 50.2 cm³/mol. The maximum absolute atomic E-state index is 8.54. The van der Waals surface area contributed by atoms with Crippen molar-refractivity contribution in [1.82, 2.24) is 4.98 Å². The zero-order valence-corrected chi connectivity index (χ0v) is 7.54. The summed E-state index contributed by atoms with van der Waals surface area (Å²) in [4.78, 5) is 3.99. The molecule has 1 aliphatic rings. The smallest absolute Gasteiger partial charge is 0.140 e. The number of nitrogens with one attached hydrogen (secondary N) is 1. The van der Waals surface area contributed by atoms with Gasteiger partial charge >= 0.3 is 0 Å². The van der Waals surface area contributed by atoms with Crippen LogP contribution in [0.2, 0.25) is 0 Å². The molecular formula is C10H11N3. The molecule has 0 radical (unpaired) electrons. The molecule has 0 bridgehead atoms. The molecule has 2 rings (SSSR count). The zero-order valence-electron chi connectivity index (χ0n) is 7.54. The summed E-state index contributed by atoms with van der Waals surface area (Å²) in [5, 5.41) is 11.9. The Balaban J connectivity index is 2.10. The Morgan fingerprint density at radius 1 is 1.54 bits per heavy atom. The molecule has 0 spiro atoms. The van der Waals surface area contributed by atoms with E-state index in [1.54, 1.807) is 12.3 Å². The lowest BCUT2D eigenvalue weighted by Crippen LogP contribution is -2.15. The van der Waals surface area contributed by atoms with E-state index in [1.807, 2.05) is 12.1 Å². The van der Waals surface area contributed by atoms with Gasteiger partial charge in [-0.05, 0) is 31.9 Å². The molecule has 0 atom stereocenters. The van der Waals surface area contributed by atoms with Crippen LogP contribution in [-0.2, 0) is 0 Å². The summed E-state index contributed by atoms with van der Waals surface area (Å²) < 4.78 is 0. The minimum absolute atomic E-state index is 0.274. The molecule has 66 valence electrons. The van der Waals surface area contributed by atoms with Crippen LogP contribution in [0.1, 0.15) is 25.5 Å². The summed E-state index contributed by atoms with van der Waals surface area (Å²) >= 11 is 0. The van der Waals surface area contributed by atoms with Gasteiger partial charge in [0.2, 0.25) is 0 Å². The molecule has 1 N–H and O–H groups in total. The van der Waals surface area contributed by atoms with Gasteiger partial charge in [0.05, 0.1) is 11.9 Å². The minimum Gasteiger partial charge on any atom is -0.379 e. The molecule has 3 nitrogen and oxygen atoms in total. The lowest BCUT2D eigenvalue weighted by molar-refractivity contribution is 0.828. The van der Waals surface area contributed by atoms with E-state index in [9.17, 15) is 0 Å². The fraction of sp³-hybridized carbons (Fsp3) is 0.400. The highest BCUT2D eigenvalue weighted by atomic mass is 15.0. The Bertz CT molecular complexity index is 343. The van der Waals surface area contributed by atoms with Crippen LogP contribution in [0.4, 0.5) is 5.69 Å². The summed E-state index contributed by atoms with van der Waals surface area (Å²) in [6, 6.07) is 5.62. The third-order valence-corrected chi connectivity index (χ3v) is 2.32. The molecule has 1 aromatic heterocycles. The molecule has 1 fully saturated rings. The van der Waals surface area contributed by atoms with Gasteiger partial charge < -0.3 is 5.32 Å². The molecule has 0 amide bonds. The molecule has 1 saturated carbocycles. The number of hydrogen-bond acceptors (Lipinski definition) is 3. The Morgan fingerprint density at radius 3 is 2.77 bits per heavy atom. The molecule has 1 aliphatic carbocycles. The van der Waals surface area contributed by atoms with Gasteiger partial charge in [0, 0.05) is 5.54 Å². The van der Waals surface area contributed by atoms with Crippen molar-refractivity contribution in [3.63, 3.8) is 0 Å². The number of anilines is 1. The normalized spacial score (nSPS) is 17.5. The highest BCUT2D eigenvalue weighted by Gasteiger charge is 2.36. The second-order valence-corrected chi connectivity index (χ2v) is 3.73. The van der Waals surface area contributed by atoms with Gasteiger partial charge in [0.15, 0.2) is 0 Å². The Kier molecular flexibility index (Phi) is 1.70. The first-order valence-corrected chi connectivity index (χ1v) is 4.36. The van der Waals surface area contributed by atoms with Gasteiger partial charge in [-0.3, -0.25) is 0 Å². The Labute approximate surface area is 77.4 Å². The van der Waals surface area contributed by atoms with Gasteiger partial charge in [-0.1, -0.05) is 0 Å². The van der Waals surface area contributed by atoms with Crippen LogP contribution in [0.25, 0.3) is 0 Å². The number of pyridine rings is 1. The van der Waals surface area contributed by atoms with E-state index in [4.69, 9.17) is 5.26 Å². The standard InChI is InChI=1S/C10H11N3/c1-10(4-5-10)13-9-3-2-8(6-11)12-7-9/h2-3,7,13H,4-5H2,1H3. The summed E-state index contributed by atoms with van der Waals surface area (Å²) in [5.74, 6) is 0. The topological polar surface area (TPSA) is 48.7 Å². The van der Waals surface area contributed by atoms with E-state index in [1.165, 1.54) is 12.8 Å². The van der Waals surface area contributed by atoms with E-state index in [0.29, 0.717) is 5.69 Å². The summed E-state index contributed by atoms with van der Waals surface area (Å²) in [6.07, 6.45) is 4.14. The number of nitriles is 1. The lowest BCUT2D eigenvalue weighted by atomic mass is 10.3. The van der Waals surface area contributed by atoms with Crippen molar-refractivity contribution < 1.29 is 0 Å². The van der Waals surface area contributed by atoms with Crippen molar-refractivity contribution >= 4 is 5.69 Å². The molecular weight excluding hydrogens is 162 g/mol. The molecule has 0 aliphatic heterocycles. The van der Waals surface area contributed by atoms with Gasteiger partial charge in [0.1, 0.15) is 11.8 Å². The first-order chi connectivity index (χ1) is 6.22. The number of aromatic nitrogens is 1. The van der Waals surface area contributed by atoms with Gasteiger partial charge in [-0.15, -0.1) is 0 Å². The number of rotatable bonds is 2. The average molecular weight is 173 g/mol. The van der Waals surface area contributed by atoms with E-state index in [-0.39, 0.29) is 5.54 Å². The van der Waals surface area contributed by atoms with E-state index >= 15 is 0 Å². The fourth-order valence-corrected chi connectivity index (χ4v) is 1.19. The molecule has 0 aromatic carbocycles. The van der Waals surface area contributed by atoms with Gasteiger partial charge in [-0.2, -0.15) is 5.26 Å². The number of hydrogen-bond donors (Lipinski definition) is 1. The quantitative estimate of drug-likeness (QED) is 0.743.